The molecule has 0 atom stereocenters. The molecule has 1 aromatic rings. The number of aryl methyl sites for hydroxylation is 2. The van der Waals surface area contributed by atoms with Gasteiger partial charge in [0.1, 0.15) is 0 Å². The van der Waals surface area contributed by atoms with E-state index in [-0.39, 0.29) is 0 Å². The van der Waals surface area contributed by atoms with Crippen LogP contribution in [0, 0.1) is 13.8 Å². The van der Waals surface area contributed by atoms with Crippen LogP contribution in [0.15, 0.2) is 23.2 Å². The Hall–Kier alpha value is -1.51. The molecule has 0 bridgehead atoms. The molecule has 0 heterocycles. The van der Waals surface area contributed by atoms with Gasteiger partial charge < -0.3 is 11.1 Å². The third-order valence-electron chi connectivity index (χ3n) is 2.35. The first-order valence-electron chi connectivity index (χ1n) is 5.61. The zero-order valence-corrected chi connectivity index (χ0v) is 10.5. The van der Waals surface area contributed by atoms with E-state index in [1.165, 1.54) is 16.7 Å². The Morgan fingerprint density at radius 2 is 2.06 bits per heavy atom. The summed E-state index contributed by atoms with van der Waals surface area (Å²) in [4.78, 5) is 4.31. The summed E-state index contributed by atoms with van der Waals surface area (Å²) in [6.45, 7) is 8.91. The molecule has 0 aliphatic carbocycles. The molecule has 1 aromatic carbocycles. The molecule has 0 aromatic heterocycles. The van der Waals surface area contributed by atoms with Gasteiger partial charge >= 0.3 is 0 Å². The molecule has 0 saturated carbocycles. The molecule has 3 heteroatoms. The van der Waals surface area contributed by atoms with Crippen molar-refractivity contribution in [3.8, 4) is 0 Å². The lowest BCUT2D eigenvalue weighted by Crippen LogP contribution is -2.36. The maximum Gasteiger partial charge on any atom is 0.189 e. The van der Waals surface area contributed by atoms with Crippen LogP contribution in [0.5, 0.6) is 0 Å². The largest absolute Gasteiger partial charge is 0.370 e. The van der Waals surface area contributed by atoms with Gasteiger partial charge in [0.15, 0.2) is 5.96 Å². The molecule has 3 N–H and O–H groups in total. The predicted octanol–water partition coefficient (Wildman–Crippen LogP) is 2.12. The summed E-state index contributed by atoms with van der Waals surface area (Å²) >= 11 is 0. The fraction of sp³-hybridized carbons (Fsp3) is 0.462. The van der Waals surface area contributed by atoms with E-state index < -0.39 is 0 Å². The third-order valence-corrected chi connectivity index (χ3v) is 2.35. The van der Waals surface area contributed by atoms with Crippen LogP contribution in [0.3, 0.4) is 0 Å². The molecular formula is C13H21N3. The Bertz CT molecular complexity index is 381. The molecule has 0 spiro atoms. The van der Waals surface area contributed by atoms with Crippen molar-refractivity contribution >= 4 is 5.96 Å². The molecule has 3 nitrogen and oxygen atoms in total. The summed E-state index contributed by atoms with van der Waals surface area (Å²) in [6.07, 6.45) is 0. The number of rotatable bonds is 3. The summed E-state index contributed by atoms with van der Waals surface area (Å²) in [6, 6.07) is 6.69. The molecule has 0 amide bonds. The van der Waals surface area contributed by atoms with Crippen LogP contribution in [0.4, 0.5) is 0 Å². The number of hydrogen-bond acceptors (Lipinski definition) is 1. The predicted molar refractivity (Wildman–Crippen MR) is 69.5 cm³/mol. The number of nitrogens with zero attached hydrogens (tertiary/aromatic N) is 1. The first-order chi connectivity index (χ1) is 7.49. The van der Waals surface area contributed by atoms with Gasteiger partial charge in [-0.3, -0.25) is 0 Å². The van der Waals surface area contributed by atoms with Gasteiger partial charge in [-0.25, -0.2) is 4.99 Å². The van der Waals surface area contributed by atoms with Crippen LogP contribution in [0.2, 0.25) is 0 Å². The molecular weight excluding hydrogens is 198 g/mol. The van der Waals surface area contributed by atoms with Gasteiger partial charge in [0.05, 0.1) is 6.54 Å². The van der Waals surface area contributed by atoms with E-state index in [4.69, 9.17) is 5.73 Å². The molecule has 0 radical (unpaired) electrons. The van der Waals surface area contributed by atoms with Crippen molar-refractivity contribution in [3.63, 3.8) is 0 Å². The fourth-order valence-corrected chi connectivity index (χ4v) is 1.53. The number of nitrogens with two attached hydrogens (primary N) is 1. The summed E-state index contributed by atoms with van der Waals surface area (Å²) in [5.74, 6) is 0.509. The average Bonchev–Trinajstić information content (AvgIpc) is 2.15. The molecule has 88 valence electrons. The molecule has 0 unspecified atom stereocenters. The van der Waals surface area contributed by atoms with E-state index in [1.54, 1.807) is 0 Å². The smallest absolute Gasteiger partial charge is 0.189 e. The zero-order chi connectivity index (χ0) is 12.1. The lowest BCUT2D eigenvalue weighted by Gasteiger charge is -2.09. The average molecular weight is 219 g/mol. The normalized spacial score (nSPS) is 11.9. The van der Waals surface area contributed by atoms with Gasteiger partial charge in [0.25, 0.3) is 0 Å². The van der Waals surface area contributed by atoms with Crippen molar-refractivity contribution in [2.75, 3.05) is 0 Å². The van der Waals surface area contributed by atoms with Crippen molar-refractivity contribution < 1.29 is 0 Å². The zero-order valence-electron chi connectivity index (χ0n) is 10.5. The number of hydrogen-bond donors (Lipinski definition) is 2. The van der Waals surface area contributed by atoms with E-state index in [2.05, 4.69) is 42.4 Å². The van der Waals surface area contributed by atoms with Crippen molar-refractivity contribution in [2.24, 2.45) is 10.7 Å². The van der Waals surface area contributed by atoms with Crippen LogP contribution < -0.4 is 11.1 Å². The summed E-state index contributed by atoms with van der Waals surface area (Å²) in [5, 5.41) is 3.07. The van der Waals surface area contributed by atoms with Crippen molar-refractivity contribution in [1.29, 1.82) is 0 Å². The maximum absolute atomic E-state index is 5.74. The molecule has 0 aliphatic rings. The number of aliphatic imine (C=N–C) groups is 1. The Balaban J connectivity index is 2.67. The van der Waals surface area contributed by atoms with Crippen molar-refractivity contribution in [1.82, 2.24) is 5.32 Å². The molecule has 1 rings (SSSR count). The summed E-state index contributed by atoms with van der Waals surface area (Å²) in [5.41, 5.74) is 9.50. The van der Waals surface area contributed by atoms with Gasteiger partial charge in [0.2, 0.25) is 0 Å². The van der Waals surface area contributed by atoms with E-state index in [9.17, 15) is 0 Å². The standard InChI is InChI=1S/C13H21N3/c1-9(2)16-13(14)15-8-12-6-5-10(3)7-11(12)4/h5-7,9H,8H2,1-4H3,(H3,14,15,16). The first kappa shape index (κ1) is 12.6. The quantitative estimate of drug-likeness (QED) is 0.604. The third kappa shape index (κ3) is 3.93. The van der Waals surface area contributed by atoms with Crippen LogP contribution >= 0.6 is 0 Å². The number of nitrogens with one attached hydrogen (secondary N) is 1. The highest BCUT2D eigenvalue weighted by atomic mass is 15.1. The second kappa shape index (κ2) is 5.54. The Labute approximate surface area is 97.8 Å². The number of benzene rings is 1. The van der Waals surface area contributed by atoms with Crippen LogP contribution in [-0.4, -0.2) is 12.0 Å². The molecule has 16 heavy (non-hydrogen) atoms. The Morgan fingerprint density at radius 1 is 1.38 bits per heavy atom. The van der Waals surface area contributed by atoms with Crippen molar-refractivity contribution in [3.05, 3.63) is 34.9 Å². The van der Waals surface area contributed by atoms with Gasteiger partial charge in [-0.1, -0.05) is 23.8 Å². The number of guanidine groups is 1. The van der Waals surface area contributed by atoms with E-state index in [0.717, 1.165) is 0 Å². The molecule has 0 fully saturated rings. The minimum absolute atomic E-state index is 0.322. The van der Waals surface area contributed by atoms with Gasteiger partial charge in [-0.05, 0) is 38.8 Å². The van der Waals surface area contributed by atoms with Crippen LogP contribution in [0.1, 0.15) is 30.5 Å². The highest BCUT2D eigenvalue weighted by molar-refractivity contribution is 5.78. The lowest BCUT2D eigenvalue weighted by atomic mass is 10.1. The summed E-state index contributed by atoms with van der Waals surface area (Å²) < 4.78 is 0. The van der Waals surface area contributed by atoms with E-state index >= 15 is 0 Å². The topological polar surface area (TPSA) is 50.4 Å². The monoisotopic (exact) mass is 219 g/mol. The molecule has 0 saturated heterocycles. The van der Waals surface area contributed by atoms with Gasteiger partial charge in [0, 0.05) is 6.04 Å². The lowest BCUT2D eigenvalue weighted by molar-refractivity contribution is 0.723. The van der Waals surface area contributed by atoms with Crippen LogP contribution in [-0.2, 0) is 6.54 Å². The van der Waals surface area contributed by atoms with E-state index in [1.807, 2.05) is 13.8 Å². The van der Waals surface area contributed by atoms with Gasteiger partial charge in [-0.2, -0.15) is 0 Å². The Kier molecular flexibility index (Phi) is 4.35. The first-order valence-corrected chi connectivity index (χ1v) is 5.61. The van der Waals surface area contributed by atoms with E-state index in [0.29, 0.717) is 18.5 Å². The SMILES string of the molecule is Cc1ccc(CN=C(N)NC(C)C)c(C)c1. The second-order valence-corrected chi connectivity index (χ2v) is 4.43. The highest BCUT2D eigenvalue weighted by Crippen LogP contribution is 2.11. The fourth-order valence-electron chi connectivity index (χ4n) is 1.53. The minimum atomic E-state index is 0.322. The Morgan fingerprint density at radius 3 is 2.62 bits per heavy atom. The minimum Gasteiger partial charge on any atom is -0.370 e. The second-order valence-electron chi connectivity index (χ2n) is 4.43. The molecule has 0 aliphatic heterocycles. The van der Waals surface area contributed by atoms with Crippen LogP contribution in [0.25, 0.3) is 0 Å². The highest BCUT2D eigenvalue weighted by Gasteiger charge is 1.99. The van der Waals surface area contributed by atoms with Gasteiger partial charge in [-0.15, -0.1) is 0 Å². The summed E-state index contributed by atoms with van der Waals surface area (Å²) in [7, 11) is 0. The van der Waals surface area contributed by atoms with Crippen molar-refractivity contribution in [2.45, 2.75) is 40.3 Å². The maximum atomic E-state index is 5.74.